The van der Waals surface area contributed by atoms with Crippen LogP contribution in [0.4, 0.5) is 0 Å². The van der Waals surface area contributed by atoms with E-state index in [1.54, 1.807) is 12.5 Å². The summed E-state index contributed by atoms with van der Waals surface area (Å²) in [5.74, 6) is 1.08. The third-order valence-corrected chi connectivity index (χ3v) is 4.26. The molecule has 0 radical (unpaired) electrons. The van der Waals surface area contributed by atoms with E-state index in [0.717, 1.165) is 11.4 Å². The van der Waals surface area contributed by atoms with Crippen molar-refractivity contribution in [1.82, 2.24) is 14.3 Å². The molecule has 0 spiro atoms. The Morgan fingerprint density at radius 3 is 2.78 bits per heavy atom. The molecule has 5 heteroatoms. The molecule has 120 valence electrons. The normalized spacial score (nSPS) is 12.7. The topological polar surface area (TPSA) is 50.8 Å². The molecule has 3 aromatic rings. The van der Waals surface area contributed by atoms with Crippen molar-refractivity contribution >= 4 is 11.6 Å². The fraction of sp³-hybridized carbons (Fsp3) is 0.333. The van der Waals surface area contributed by atoms with Crippen LogP contribution in [0.1, 0.15) is 37.0 Å². The monoisotopic (exact) mass is 311 g/mol. The third kappa shape index (κ3) is 2.99. The number of furan rings is 1. The van der Waals surface area contributed by atoms with Crippen molar-refractivity contribution in [2.45, 2.75) is 33.4 Å². The van der Waals surface area contributed by atoms with Crippen LogP contribution in [-0.2, 0) is 6.54 Å². The Labute approximate surface area is 135 Å². The number of nitrogens with zero attached hydrogens (tertiary/aromatic N) is 3. The van der Waals surface area contributed by atoms with Crippen LogP contribution >= 0.6 is 0 Å². The van der Waals surface area contributed by atoms with Gasteiger partial charge < -0.3 is 9.32 Å². The number of aromatic nitrogens is 2. The van der Waals surface area contributed by atoms with Gasteiger partial charge in [0.1, 0.15) is 17.1 Å². The minimum Gasteiger partial charge on any atom is -0.467 e. The van der Waals surface area contributed by atoms with Crippen molar-refractivity contribution in [3.63, 3.8) is 0 Å². The molecule has 0 aliphatic heterocycles. The van der Waals surface area contributed by atoms with E-state index in [1.165, 1.54) is 0 Å². The van der Waals surface area contributed by atoms with E-state index in [2.05, 4.69) is 25.8 Å². The van der Waals surface area contributed by atoms with Gasteiger partial charge in [0, 0.05) is 12.2 Å². The Balaban J connectivity index is 1.96. The molecule has 0 aromatic carbocycles. The second-order valence-electron chi connectivity index (χ2n) is 6.07. The molecule has 0 N–H and O–H groups in total. The van der Waals surface area contributed by atoms with Crippen LogP contribution in [0.25, 0.3) is 5.65 Å². The zero-order valence-electron chi connectivity index (χ0n) is 13.6. The van der Waals surface area contributed by atoms with Gasteiger partial charge in [-0.1, -0.05) is 19.9 Å². The molecule has 0 fully saturated rings. The van der Waals surface area contributed by atoms with Crippen molar-refractivity contribution in [2.75, 3.05) is 0 Å². The number of amides is 1. The first-order chi connectivity index (χ1) is 11.1. The molecule has 3 aromatic heterocycles. The highest BCUT2D eigenvalue weighted by Crippen LogP contribution is 2.19. The quantitative estimate of drug-likeness (QED) is 0.723. The molecular weight excluding hydrogens is 290 g/mol. The zero-order chi connectivity index (χ0) is 16.4. The predicted molar refractivity (Wildman–Crippen MR) is 88.1 cm³/mol. The Morgan fingerprint density at radius 1 is 1.26 bits per heavy atom. The minimum absolute atomic E-state index is 0.0405. The molecule has 23 heavy (non-hydrogen) atoms. The van der Waals surface area contributed by atoms with Crippen LogP contribution in [0.5, 0.6) is 0 Å². The second-order valence-corrected chi connectivity index (χ2v) is 6.07. The Kier molecular flexibility index (Phi) is 4.19. The summed E-state index contributed by atoms with van der Waals surface area (Å²) >= 11 is 0. The fourth-order valence-electron chi connectivity index (χ4n) is 2.57. The summed E-state index contributed by atoms with van der Waals surface area (Å²) in [4.78, 5) is 19.3. The predicted octanol–water partition coefficient (Wildman–Crippen LogP) is 3.61. The van der Waals surface area contributed by atoms with E-state index in [0.29, 0.717) is 18.2 Å². The number of fused-ring (bicyclic) bond motifs is 1. The van der Waals surface area contributed by atoms with Crippen LogP contribution < -0.4 is 0 Å². The van der Waals surface area contributed by atoms with Crippen molar-refractivity contribution < 1.29 is 9.21 Å². The highest BCUT2D eigenvalue weighted by molar-refractivity contribution is 5.93. The number of carbonyl (C=O) groups is 1. The Bertz CT molecular complexity index is 790. The van der Waals surface area contributed by atoms with Crippen LogP contribution in [0, 0.1) is 5.92 Å². The van der Waals surface area contributed by atoms with Crippen LogP contribution in [0.2, 0.25) is 0 Å². The van der Waals surface area contributed by atoms with Gasteiger partial charge in [0.15, 0.2) is 0 Å². The van der Waals surface area contributed by atoms with Gasteiger partial charge >= 0.3 is 0 Å². The summed E-state index contributed by atoms with van der Waals surface area (Å²) in [6, 6.07) is 9.51. The van der Waals surface area contributed by atoms with Crippen LogP contribution in [0.3, 0.4) is 0 Å². The van der Waals surface area contributed by atoms with Gasteiger partial charge in [-0.3, -0.25) is 9.20 Å². The minimum atomic E-state index is -0.0405. The van der Waals surface area contributed by atoms with E-state index in [4.69, 9.17) is 4.42 Å². The lowest BCUT2D eigenvalue weighted by molar-refractivity contribution is 0.0604. The van der Waals surface area contributed by atoms with Crippen molar-refractivity contribution in [2.24, 2.45) is 5.92 Å². The SMILES string of the molecule is CC(C)C(C)N(Cc1ccco1)C(=O)c1cnc2ccccn12. The number of carbonyl (C=O) groups excluding carboxylic acids is 1. The molecule has 1 amide bonds. The van der Waals surface area contributed by atoms with E-state index in [-0.39, 0.29) is 11.9 Å². The van der Waals surface area contributed by atoms with Gasteiger partial charge in [0.05, 0.1) is 19.0 Å². The van der Waals surface area contributed by atoms with E-state index in [1.807, 2.05) is 45.8 Å². The third-order valence-electron chi connectivity index (χ3n) is 4.26. The van der Waals surface area contributed by atoms with Gasteiger partial charge in [-0.15, -0.1) is 0 Å². The molecule has 0 saturated heterocycles. The highest BCUT2D eigenvalue weighted by atomic mass is 16.3. The molecule has 5 nitrogen and oxygen atoms in total. The molecule has 0 bridgehead atoms. The molecule has 1 unspecified atom stereocenters. The summed E-state index contributed by atoms with van der Waals surface area (Å²) in [7, 11) is 0. The zero-order valence-corrected chi connectivity index (χ0v) is 13.6. The van der Waals surface area contributed by atoms with Gasteiger partial charge in [0.2, 0.25) is 0 Å². The van der Waals surface area contributed by atoms with E-state index < -0.39 is 0 Å². The summed E-state index contributed by atoms with van der Waals surface area (Å²) < 4.78 is 7.26. The number of hydrogen-bond acceptors (Lipinski definition) is 3. The molecule has 1 atom stereocenters. The number of imidazole rings is 1. The first-order valence-corrected chi connectivity index (χ1v) is 7.83. The van der Waals surface area contributed by atoms with Crippen molar-refractivity contribution in [1.29, 1.82) is 0 Å². The van der Waals surface area contributed by atoms with E-state index in [9.17, 15) is 4.79 Å². The maximum Gasteiger partial charge on any atom is 0.273 e. The molecule has 0 saturated carbocycles. The molecule has 0 aliphatic carbocycles. The standard InChI is InChI=1S/C18H21N3O2/c1-13(2)14(3)21(12-15-7-6-10-23-15)18(22)16-11-19-17-8-4-5-9-20(16)17/h4-11,13-14H,12H2,1-3H3. The van der Waals surface area contributed by atoms with Gasteiger partial charge in [0.25, 0.3) is 5.91 Å². The summed E-state index contributed by atoms with van der Waals surface area (Å²) in [5.41, 5.74) is 1.34. The van der Waals surface area contributed by atoms with Crippen LogP contribution in [-0.4, -0.2) is 26.2 Å². The molecule has 3 heterocycles. The summed E-state index contributed by atoms with van der Waals surface area (Å²) in [6.07, 6.45) is 5.13. The van der Waals surface area contributed by atoms with E-state index >= 15 is 0 Å². The van der Waals surface area contributed by atoms with Gasteiger partial charge in [-0.25, -0.2) is 4.98 Å². The molecule has 3 rings (SSSR count). The average Bonchev–Trinajstić information content (AvgIpc) is 3.20. The first kappa shape index (κ1) is 15.3. The second kappa shape index (κ2) is 6.28. The average molecular weight is 311 g/mol. The maximum atomic E-state index is 13.1. The maximum absolute atomic E-state index is 13.1. The fourth-order valence-corrected chi connectivity index (χ4v) is 2.57. The number of rotatable bonds is 5. The Hall–Kier alpha value is -2.56. The van der Waals surface area contributed by atoms with Crippen molar-refractivity contribution in [3.05, 3.63) is 60.4 Å². The van der Waals surface area contributed by atoms with Crippen molar-refractivity contribution in [3.8, 4) is 0 Å². The van der Waals surface area contributed by atoms with Gasteiger partial charge in [-0.2, -0.15) is 0 Å². The first-order valence-electron chi connectivity index (χ1n) is 7.83. The van der Waals surface area contributed by atoms with Gasteiger partial charge in [-0.05, 0) is 37.1 Å². The summed E-state index contributed by atoms with van der Waals surface area (Å²) in [6.45, 7) is 6.74. The largest absolute Gasteiger partial charge is 0.467 e. The lowest BCUT2D eigenvalue weighted by Gasteiger charge is -2.31. The Morgan fingerprint density at radius 2 is 2.09 bits per heavy atom. The molecular formula is C18H21N3O2. The molecule has 0 aliphatic rings. The number of pyridine rings is 1. The highest BCUT2D eigenvalue weighted by Gasteiger charge is 2.26. The smallest absolute Gasteiger partial charge is 0.273 e. The number of hydrogen-bond donors (Lipinski definition) is 0. The van der Waals surface area contributed by atoms with Crippen LogP contribution in [0.15, 0.2) is 53.4 Å². The lowest BCUT2D eigenvalue weighted by atomic mass is 10.0. The lowest BCUT2D eigenvalue weighted by Crippen LogP contribution is -2.41. The summed E-state index contributed by atoms with van der Waals surface area (Å²) in [5, 5.41) is 0.